The van der Waals surface area contributed by atoms with E-state index in [2.05, 4.69) is 5.32 Å². The van der Waals surface area contributed by atoms with Crippen LogP contribution in [0.1, 0.15) is 21.5 Å². The summed E-state index contributed by atoms with van der Waals surface area (Å²) in [7, 11) is 0. The summed E-state index contributed by atoms with van der Waals surface area (Å²) in [4.78, 5) is 23.7. The van der Waals surface area contributed by atoms with Crippen molar-refractivity contribution in [3.05, 3.63) is 75.6 Å². The van der Waals surface area contributed by atoms with Crippen molar-refractivity contribution in [1.82, 2.24) is 0 Å². The molecule has 5 nitrogen and oxygen atoms in total. The maximum atomic E-state index is 12.2. The minimum atomic E-state index is -0.407. The summed E-state index contributed by atoms with van der Waals surface area (Å²) < 4.78 is 5.18. The van der Waals surface area contributed by atoms with Crippen molar-refractivity contribution in [1.29, 1.82) is 0 Å². The van der Waals surface area contributed by atoms with E-state index in [9.17, 15) is 9.59 Å². The smallest absolute Gasteiger partial charge is 0.336 e. The Morgan fingerprint density at radius 1 is 1.13 bits per heavy atom. The van der Waals surface area contributed by atoms with Crippen LogP contribution in [0.5, 0.6) is 0 Å². The Kier molecular flexibility index (Phi) is 3.95. The first kappa shape index (κ1) is 15.0. The highest BCUT2D eigenvalue weighted by Crippen LogP contribution is 2.21. The van der Waals surface area contributed by atoms with Gasteiger partial charge in [-0.15, -0.1) is 0 Å². The molecule has 2 aromatic carbocycles. The molecule has 0 aliphatic heterocycles. The molecule has 116 valence electrons. The Labute approximate surface area is 132 Å². The van der Waals surface area contributed by atoms with Crippen molar-refractivity contribution in [3.8, 4) is 0 Å². The molecule has 0 atom stereocenters. The Morgan fingerprint density at radius 3 is 2.57 bits per heavy atom. The van der Waals surface area contributed by atoms with E-state index in [1.807, 2.05) is 25.1 Å². The highest BCUT2D eigenvalue weighted by Gasteiger charge is 2.08. The van der Waals surface area contributed by atoms with Crippen LogP contribution in [0, 0.1) is 6.92 Å². The number of nitrogens with two attached hydrogens (primary N) is 1. The molecule has 0 spiro atoms. The van der Waals surface area contributed by atoms with Crippen LogP contribution < -0.4 is 16.7 Å². The second-order valence-electron chi connectivity index (χ2n) is 5.31. The molecule has 1 heterocycles. The van der Waals surface area contributed by atoms with Crippen LogP contribution in [-0.2, 0) is 6.54 Å². The van der Waals surface area contributed by atoms with Crippen LogP contribution in [0.2, 0.25) is 0 Å². The lowest BCUT2D eigenvalue weighted by molar-refractivity contribution is 0.102. The first-order chi connectivity index (χ1) is 11.1. The second-order valence-corrected chi connectivity index (χ2v) is 5.31. The maximum Gasteiger partial charge on any atom is 0.336 e. The van der Waals surface area contributed by atoms with Gasteiger partial charge < -0.3 is 15.5 Å². The Bertz CT molecular complexity index is 927. The fourth-order valence-electron chi connectivity index (χ4n) is 2.40. The van der Waals surface area contributed by atoms with Crippen LogP contribution in [-0.4, -0.2) is 5.91 Å². The molecule has 0 radical (unpaired) electrons. The van der Waals surface area contributed by atoms with Gasteiger partial charge in [-0.2, -0.15) is 0 Å². The number of nitrogens with one attached hydrogen (secondary N) is 1. The van der Waals surface area contributed by atoms with Gasteiger partial charge in [0.25, 0.3) is 5.91 Å². The van der Waals surface area contributed by atoms with Gasteiger partial charge in [-0.1, -0.05) is 12.1 Å². The molecule has 0 aliphatic rings. The van der Waals surface area contributed by atoms with Crippen molar-refractivity contribution in [3.63, 3.8) is 0 Å². The molecule has 3 N–H and O–H groups in total. The van der Waals surface area contributed by atoms with Gasteiger partial charge in [0.1, 0.15) is 5.58 Å². The van der Waals surface area contributed by atoms with Gasteiger partial charge in [0.05, 0.1) is 0 Å². The lowest BCUT2D eigenvalue weighted by atomic mass is 10.1. The number of hydrogen-bond donors (Lipinski definition) is 2. The van der Waals surface area contributed by atoms with Gasteiger partial charge >= 0.3 is 5.63 Å². The zero-order chi connectivity index (χ0) is 16.4. The Morgan fingerprint density at radius 2 is 1.87 bits per heavy atom. The van der Waals surface area contributed by atoms with Crippen molar-refractivity contribution in [2.75, 3.05) is 5.32 Å². The summed E-state index contributed by atoms with van der Waals surface area (Å²) in [5, 5.41) is 3.64. The Hall–Kier alpha value is -2.92. The van der Waals surface area contributed by atoms with E-state index < -0.39 is 5.63 Å². The minimum absolute atomic E-state index is 0.233. The van der Waals surface area contributed by atoms with Gasteiger partial charge in [-0.25, -0.2) is 4.79 Å². The standard InChI is InChI=1S/C18H16N2O3/c1-11-8-17(21)23-16-9-14(6-7-15(11)16)20-18(22)13-4-2-12(10-19)3-5-13/h2-9H,10,19H2,1H3,(H,20,22). The third-order valence-corrected chi connectivity index (χ3v) is 3.66. The lowest BCUT2D eigenvalue weighted by Gasteiger charge is -2.07. The van der Waals surface area contributed by atoms with Crippen LogP contribution in [0.25, 0.3) is 11.0 Å². The third-order valence-electron chi connectivity index (χ3n) is 3.66. The normalized spacial score (nSPS) is 10.7. The number of anilines is 1. The van der Waals surface area contributed by atoms with Gasteiger partial charge in [0, 0.05) is 35.3 Å². The SMILES string of the molecule is Cc1cc(=O)oc2cc(NC(=O)c3ccc(CN)cc3)ccc12. The molecule has 0 fully saturated rings. The van der Waals surface area contributed by atoms with E-state index in [4.69, 9.17) is 10.2 Å². The maximum absolute atomic E-state index is 12.2. The lowest BCUT2D eigenvalue weighted by Crippen LogP contribution is -2.12. The summed E-state index contributed by atoms with van der Waals surface area (Å²) >= 11 is 0. The molecular weight excluding hydrogens is 292 g/mol. The highest BCUT2D eigenvalue weighted by atomic mass is 16.4. The monoisotopic (exact) mass is 308 g/mol. The van der Waals surface area contributed by atoms with Crippen LogP contribution in [0.15, 0.2) is 57.7 Å². The summed E-state index contributed by atoms with van der Waals surface area (Å²) in [6.45, 7) is 2.28. The van der Waals surface area contributed by atoms with Gasteiger partial charge in [0.15, 0.2) is 0 Å². The first-order valence-electron chi connectivity index (χ1n) is 7.22. The fraction of sp³-hybridized carbons (Fsp3) is 0.111. The van der Waals surface area contributed by atoms with Gasteiger partial charge in [-0.05, 0) is 42.3 Å². The molecule has 3 rings (SSSR count). The molecule has 23 heavy (non-hydrogen) atoms. The summed E-state index contributed by atoms with van der Waals surface area (Å²) in [5.74, 6) is -0.233. The fourth-order valence-corrected chi connectivity index (χ4v) is 2.40. The number of hydrogen-bond acceptors (Lipinski definition) is 4. The molecule has 1 aromatic heterocycles. The average Bonchev–Trinajstić information content (AvgIpc) is 2.54. The van der Waals surface area contributed by atoms with Crippen LogP contribution >= 0.6 is 0 Å². The number of carbonyl (C=O) groups is 1. The summed E-state index contributed by atoms with van der Waals surface area (Å²) in [6.07, 6.45) is 0. The molecular formula is C18H16N2O3. The van der Waals surface area contributed by atoms with Crippen molar-refractivity contribution in [2.45, 2.75) is 13.5 Å². The molecule has 0 saturated heterocycles. The number of fused-ring (bicyclic) bond motifs is 1. The van der Waals surface area contributed by atoms with Gasteiger partial charge in [0.2, 0.25) is 0 Å². The minimum Gasteiger partial charge on any atom is -0.423 e. The van der Waals surface area contributed by atoms with E-state index in [0.29, 0.717) is 23.4 Å². The van der Waals surface area contributed by atoms with E-state index in [1.165, 1.54) is 6.07 Å². The number of carbonyl (C=O) groups excluding carboxylic acids is 1. The number of benzene rings is 2. The second kappa shape index (κ2) is 6.06. The topological polar surface area (TPSA) is 85.3 Å². The van der Waals surface area contributed by atoms with E-state index in [0.717, 1.165) is 16.5 Å². The predicted molar refractivity (Wildman–Crippen MR) is 89.5 cm³/mol. The van der Waals surface area contributed by atoms with Crippen LogP contribution in [0.3, 0.4) is 0 Å². The third kappa shape index (κ3) is 3.14. The Balaban J connectivity index is 1.88. The molecule has 0 bridgehead atoms. The summed E-state index contributed by atoms with van der Waals surface area (Å²) in [6, 6.07) is 13.8. The molecule has 1 amide bonds. The molecule has 0 unspecified atom stereocenters. The van der Waals surface area contributed by atoms with Crippen molar-refractivity contribution < 1.29 is 9.21 Å². The number of aryl methyl sites for hydroxylation is 1. The number of amides is 1. The van der Waals surface area contributed by atoms with Gasteiger partial charge in [-0.3, -0.25) is 4.79 Å². The largest absolute Gasteiger partial charge is 0.423 e. The number of rotatable bonds is 3. The molecule has 5 heteroatoms. The van der Waals surface area contributed by atoms with Crippen molar-refractivity contribution in [2.24, 2.45) is 5.73 Å². The summed E-state index contributed by atoms with van der Waals surface area (Å²) in [5.41, 5.74) is 8.49. The van der Waals surface area contributed by atoms with E-state index in [1.54, 1.807) is 24.3 Å². The first-order valence-corrected chi connectivity index (χ1v) is 7.22. The molecule has 3 aromatic rings. The van der Waals surface area contributed by atoms with Crippen LogP contribution in [0.4, 0.5) is 5.69 Å². The molecule has 0 aliphatic carbocycles. The quantitative estimate of drug-likeness (QED) is 0.729. The van der Waals surface area contributed by atoms with E-state index >= 15 is 0 Å². The zero-order valence-corrected chi connectivity index (χ0v) is 12.6. The predicted octanol–water partition coefficient (Wildman–Crippen LogP) is 2.81. The molecule has 0 saturated carbocycles. The van der Waals surface area contributed by atoms with Crippen molar-refractivity contribution >= 4 is 22.6 Å². The highest BCUT2D eigenvalue weighted by molar-refractivity contribution is 6.05. The average molecular weight is 308 g/mol. The van der Waals surface area contributed by atoms with E-state index in [-0.39, 0.29) is 5.91 Å². The zero-order valence-electron chi connectivity index (χ0n) is 12.6.